The average molecular weight is 360 g/mol. The van der Waals surface area contributed by atoms with E-state index in [1.54, 1.807) is 12.1 Å². The summed E-state index contributed by atoms with van der Waals surface area (Å²) in [5, 5.41) is 0.390. The molecule has 0 unspecified atom stereocenters. The van der Waals surface area contributed by atoms with Crippen LogP contribution in [-0.4, -0.2) is 51.9 Å². The van der Waals surface area contributed by atoms with E-state index in [1.807, 2.05) is 17.9 Å². The number of aromatic nitrogens is 3. The van der Waals surface area contributed by atoms with Gasteiger partial charge >= 0.3 is 0 Å². The van der Waals surface area contributed by atoms with E-state index in [2.05, 4.69) is 33.7 Å². The zero-order valence-corrected chi connectivity index (χ0v) is 15.5. The largest absolute Gasteiger partial charge is 0.353 e. The van der Waals surface area contributed by atoms with Gasteiger partial charge in [-0.25, -0.2) is 15.0 Å². The predicted molar refractivity (Wildman–Crippen MR) is 98.2 cm³/mol. The fraction of sp³-hybridized carbons (Fsp3) is 0.444. The number of nitrogens with zero attached hydrogens (tertiary/aromatic N) is 5. The molecule has 0 aromatic carbocycles. The molecule has 6 nitrogen and oxygen atoms in total. The first-order valence-corrected chi connectivity index (χ1v) is 8.83. The highest BCUT2D eigenvalue weighted by Crippen LogP contribution is 2.19. The summed E-state index contributed by atoms with van der Waals surface area (Å²) in [5.74, 6) is 2.08. The first kappa shape index (κ1) is 17.6. The van der Waals surface area contributed by atoms with Crippen molar-refractivity contribution in [3.8, 4) is 0 Å². The summed E-state index contributed by atoms with van der Waals surface area (Å²) in [6.45, 7) is 8.99. The number of carbonyl (C=O) groups excluding carboxylic acids is 1. The van der Waals surface area contributed by atoms with Crippen molar-refractivity contribution in [2.45, 2.75) is 26.7 Å². The van der Waals surface area contributed by atoms with E-state index < -0.39 is 0 Å². The van der Waals surface area contributed by atoms with Crippen molar-refractivity contribution in [2.75, 3.05) is 31.1 Å². The number of amides is 1. The van der Waals surface area contributed by atoms with E-state index >= 15 is 0 Å². The van der Waals surface area contributed by atoms with E-state index in [1.165, 1.54) is 6.20 Å². The Kier molecular flexibility index (Phi) is 5.18. The molecule has 2 aromatic rings. The molecule has 1 fully saturated rings. The Balaban J connectivity index is 1.67. The molecule has 7 heteroatoms. The second-order valence-corrected chi connectivity index (χ2v) is 6.92. The third-order valence-corrected chi connectivity index (χ3v) is 4.46. The Morgan fingerprint density at radius 1 is 1.16 bits per heavy atom. The Bertz CT molecular complexity index is 755. The molecule has 2 aromatic heterocycles. The van der Waals surface area contributed by atoms with Gasteiger partial charge in [-0.05, 0) is 19.1 Å². The molecule has 0 aliphatic carbocycles. The Labute approximate surface area is 152 Å². The first-order chi connectivity index (χ1) is 11.9. The van der Waals surface area contributed by atoms with Crippen LogP contribution in [0.15, 0.2) is 24.4 Å². The van der Waals surface area contributed by atoms with Gasteiger partial charge in [0.25, 0.3) is 5.91 Å². The van der Waals surface area contributed by atoms with Gasteiger partial charge in [0.05, 0.1) is 5.56 Å². The second kappa shape index (κ2) is 7.35. The lowest BCUT2D eigenvalue weighted by Crippen LogP contribution is -2.49. The molecule has 0 N–H and O–H groups in total. The minimum absolute atomic E-state index is 0.00875. The standard InChI is InChI=1S/C18H22ClN5O/c1-12(2)17-21-13(3)10-16(22-17)23-6-8-24(9-7-23)18(25)14-4-5-15(19)20-11-14/h4-5,10-12H,6-9H2,1-3H3. The molecule has 25 heavy (non-hydrogen) atoms. The molecular formula is C18H22ClN5O. The molecule has 0 saturated carbocycles. The predicted octanol–water partition coefficient (Wildman–Crippen LogP) is 2.92. The fourth-order valence-electron chi connectivity index (χ4n) is 2.82. The van der Waals surface area contributed by atoms with Gasteiger partial charge in [-0.15, -0.1) is 0 Å². The zero-order valence-electron chi connectivity index (χ0n) is 14.7. The molecule has 1 saturated heterocycles. The molecular weight excluding hydrogens is 338 g/mol. The van der Waals surface area contributed by atoms with Crippen LogP contribution in [-0.2, 0) is 0 Å². The van der Waals surface area contributed by atoms with Crippen LogP contribution in [0.25, 0.3) is 0 Å². The Hall–Kier alpha value is -2.21. The highest BCUT2D eigenvalue weighted by atomic mass is 35.5. The number of rotatable bonds is 3. The maximum absolute atomic E-state index is 12.6. The summed E-state index contributed by atoms with van der Waals surface area (Å²) in [7, 11) is 0. The van der Waals surface area contributed by atoms with E-state index in [4.69, 9.17) is 11.6 Å². The van der Waals surface area contributed by atoms with E-state index in [0.717, 1.165) is 30.4 Å². The van der Waals surface area contributed by atoms with Crippen LogP contribution >= 0.6 is 11.6 Å². The SMILES string of the molecule is Cc1cc(N2CCN(C(=O)c3ccc(Cl)nc3)CC2)nc(C(C)C)n1. The van der Waals surface area contributed by atoms with Crippen LogP contribution in [0.5, 0.6) is 0 Å². The molecule has 0 spiro atoms. The molecule has 1 amide bonds. The van der Waals surface area contributed by atoms with Crippen molar-refractivity contribution in [2.24, 2.45) is 0 Å². The van der Waals surface area contributed by atoms with Crippen molar-refractivity contribution >= 4 is 23.3 Å². The highest BCUT2D eigenvalue weighted by molar-refractivity contribution is 6.29. The average Bonchev–Trinajstić information content (AvgIpc) is 2.61. The number of pyridine rings is 1. The molecule has 0 bridgehead atoms. The van der Waals surface area contributed by atoms with Gasteiger partial charge in [0.15, 0.2) is 0 Å². The van der Waals surface area contributed by atoms with Crippen molar-refractivity contribution < 1.29 is 4.79 Å². The van der Waals surface area contributed by atoms with Gasteiger partial charge in [-0.1, -0.05) is 25.4 Å². The summed E-state index contributed by atoms with van der Waals surface area (Å²) >= 11 is 5.78. The van der Waals surface area contributed by atoms with Gasteiger partial charge < -0.3 is 9.80 Å². The van der Waals surface area contributed by atoms with Crippen LogP contribution < -0.4 is 4.90 Å². The summed E-state index contributed by atoms with van der Waals surface area (Å²) in [6, 6.07) is 5.36. The van der Waals surface area contributed by atoms with Crippen LogP contribution in [0.1, 0.15) is 41.6 Å². The van der Waals surface area contributed by atoms with Crippen molar-refractivity contribution in [1.82, 2.24) is 19.9 Å². The van der Waals surface area contributed by atoms with E-state index in [9.17, 15) is 4.79 Å². The molecule has 1 aliphatic rings. The van der Waals surface area contributed by atoms with Gasteiger partial charge in [-0.2, -0.15) is 0 Å². The van der Waals surface area contributed by atoms with Crippen LogP contribution in [0.2, 0.25) is 5.15 Å². The molecule has 0 atom stereocenters. The summed E-state index contributed by atoms with van der Waals surface area (Å²) in [4.78, 5) is 29.8. The van der Waals surface area contributed by atoms with E-state index in [-0.39, 0.29) is 5.91 Å². The van der Waals surface area contributed by atoms with Crippen molar-refractivity contribution in [3.63, 3.8) is 0 Å². The maximum atomic E-state index is 12.6. The topological polar surface area (TPSA) is 62.2 Å². The fourth-order valence-corrected chi connectivity index (χ4v) is 2.93. The number of carbonyl (C=O) groups is 1. The van der Waals surface area contributed by atoms with Crippen LogP contribution in [0.3, 0.4) is 0 Å². The van der Waals surface area contributed by atoms with Gasteiger partial charge in [0.2, 0.25) is 0 Å². The van der Waals surface area contributed by atoms with Gasteiger partial charge in [0.1, 0.15) is 16.8 Å². The van der Waals surface area contributed by atoms with Crippen LogP contribution in [0.4, 0.5) is 5.82 Å². The zero-order chi connectivity index (χ0) is 18.0. The van der Waals surface area contributed by atoms with Crippen molar-refractivity contribution in [3.05, 3.63) is 46.6 Å². The third kappa shape index (κ3) is 4.07. The number of hydrogen-bond acceptors (Lipinski definition) is 5. The van der Waals surface area contributed by atoms with Crippen molar-refractivity contribution in [1.29, 1.82) is 0 Å². The lowest BCUT2D eigenvalue weighted by Gasteiger charge is -2.35. The minimum Gasteiger partial charge on any atom is -0.353 e. The number of aryl methyl sites for hydroxylation is 1. The summed E-state index contributed by atoms with van der Waals surface area (Å²) in [6.07, 6.45) is 1.53. The molecule has 3 rings (SSSR count). The molecule has 0 radical (unpaired) electrons. The lowest BCUT2D eigenvalue weighted by molar-refractivity contribution is 0.0746. The number of piperazine rings is 1. The number of halogens is 1. The normalized spacial score (nSPS) is 14.9. The Morgan fingerprint density at radius 2 is 1.88 bits per heavy atom. The monoisotopic (exact) mass is 359 g/mol. The lowest BCUT2D eigenvalue weighted by atomic mass is 10.2. The smallest absolute Gasteiger partial charge is 0.255 e. The summed E-state index contributed by atoms with van der Waals surface area (Å²) in [5.41, 5.74) is 1.54. The maximum Gasteiger partial charge on any atom is 0.255 e. The molecule has 132 valence electrons. The highest BCUT2D eigenvalue weighted by Gasteiger charge is 2.23. The first-order valence-electron chi connectivity index (χ1n) is 8.45. The molecule has 3 heterocycles. The van der Waals surface area contributed by atoms with E-state index in [0.29, 0.717) is 29.7 Å². The minimum atomic E-state index is -0.00875. The van der Waals surface area contributed by atoms with Crippen LogP contribution in [0, 0.1) is 6.92 Å². The van der Waals surface area contributed by atoms with Gasteiger partial charge in [0, 0.05) is 50.1 Å². The number of hydrogen-bond donors (Lipinski definition) is 0. The molecule has 1 aliphatic heterocycles. The third-order valence-electron chi connectivity index (χ3n) is 4.24. The Morgan fingerprint density at radius 3 is 2.48 bits per heavy atom. The number of anilines is 1. The second-order valence-electron chi connectivity index (χ2n) is 6.53. The van der Waals surface area contributed by atoms with Gasteiger partial charge in [-0.3, -0.25) is 4.79 Å². The summed E-state index contributed by atoms with van der Waals surface area (Å²) < 4.78 is 0. The quantitative estimate of drug-likeness (QED) is 0.788.